The van der Waals surface area contributed by atoms with Gasteiger partial charge in [-0.2, -0.15) is 0 Å². The summed E-state index contributed by atoms with van der Waals surface area (Å²) < 4.78 is 11.0. The van der Waals surface area contributed by atoms with E-state index in [4.69, 9.17) is 9.47 Å². The summed E-state index contributed by atoms with van der Waals surface area (Å²) in [4.78, 5) is 0. The summed E-state index contributed by atoms with van der Waals surface area (Å²) in [6, 6.07) is 11.4. The van der Waals surface area contributed by atoms with Gasteiger partial charge in [-0.15, -0.1) is 0 Å². The third-order valence-corrected chi connectivity index (χ3v) is 4.49. The van der Waals surface area contributed by atoms with E-state index in [1.165, 1.54) is 5.56 Å². The van der Waals surface area contributed by atoms with Gasteiger partial charge in [0.25, 0.3) is 0 Å². The van der Waals surface area contributed by atoms with Crippen LogP contribution in [0.25, 0.3) is 0 Å². The van der Waals surface area contributed by atoms with Crippen LogP contribution in [0.2, 0.25) is 0 Å². The Hall–Kier alpha value is -0.900. The Kier molecular flexibility index (Phi) is 4.16. The summed E-state index contributed by atoms with van der Waals surface area (Å²) in [5, 5.41) is 3.71. The van der Waals surface area contributed by atoms with Crippen molar-refractivity contribution in [1.82, 2.24) is 5.32 Å². The van der Waals surface area contributed by atoms with E-state index in [0.29, 0.717) is 6.04 Å². The van der Waals surface area contributed by atoms with E-state index in [1.54, 1.807) is 0 Å². The molecule has 19 heavy (non-hydrogen) atoms. The number of rotatable bonds is 4. The first kappa shape index (κ1) is 13.1. The van der Waals surface area contributed by atoms with Gasteiger partial charge in [0.05, 0.1) is 6.61 Å². The van der Waals surface area contributed by atoms with Crippen molar-refractivity contribution in [3.8, 4) is 0 Å². The molecule has 1 aromatic carbocycles. The fourth-order valence-electron chi connectivity index (χ4n) is 3.16. The van der Waals surface area contributed by atoms with E-state index >= 15 is 0 Å². The molecule has 0 amide bonds. The zero-order valence-corrected chi connectivity index (χ0v) is 11.4. The Morgan fingerprint density at radius 3 is 2.53 bits per heavy atom. The number of benzene rings is 1. The first-order valence-electron chi connectivity index (χ1n) is 7.33. The highest BCUT2D eigenvalue weighted by Crippen LogP contribution is 2.34. The zero-order valence-electron chi connectivity index (χ0n) is 11.4. The molecular formula is C16H23NO2. The lowest BCUT2D eigenvalue weighted by molar-refractivity contribution is 0.0486. The number of ether oxygens (including phenoxy) is 2. The van der Waals surface area contributed by atoms with Crippen LogP contribution < -0.4 is 5.32 Å². The zero-order chi connectivity index (χ0) is 13.0. The Morgan fingerprint density at radius 2 is 1.84 bits per heavy atom. The molecule has 1 N–H and O–H groups in total. The van der Waals surface area contributed by atoms with Crippen molar-refractivity contribution in [3.63, 3.8) is 0 Å². The molecule has 2 heterocycles. The van der Waals surface area contributed by atoms with Crippen molar-refractivity contribution < 1.29 is 9.47 Å². The molecular weight excluding hydrogens is 238 g/mol. The minimum absolute atomic E-state index is 0.238. The molecule has 1 unspecified atom stereocenters. The van der Waals surface area contributed by atoms with Gasteiger partial charge in [-0.1, -0.05) is 30.3 Å². The fourth-order valence-corrected chi connectivity index (χ4v) is 3.16. The molecule has 0 bridgehead atoms. The number of hydrogen-bond donors (Lipinski definition) is 1. The van der Waals surface area contributed by atoms with Crippen LogP contribution in [-0.4, -0.2) is 39.0 Å². The Bertz CT molecular complexity index is 381. The molecule has 0 radical (unpaired) electrons. The molecule has 1 atom stereocenters. The van der Waals surface area contributed by atoms with Gasteiger partial charge < -0.3 is 14.8 Å². The smallest absolute Gasteiger partial charge is 0.0620 e. The van der Waals surface area contributed by atoms with Gasteiger partial charge >= 0.3 is 0 Å². The molecule has 0 spiro atoms. The quantitative estimate of drug-likeness (QED) is 0.900. The summed E-state index contributed by atoms with van der Waals surface area (Å²) >= 11 is 0. The highest BCUT2D eigenvalue weighted by molar-refractivity contribution is 5.26. The van der Waals surface area contributed by atoms with E-state index in [-0.39, 0.29) is 5.41 Å². The predicted octanol–water partition coefficient (Wildman–Crippen LogP) is 2.11. The Balaban J connectivity index is 1.72. The lowest BCUT2D eigenvalue weighted by Crippen LogP contribution is -2.46. The predicted molar refractivity (Wildman–Crippen MR) is 75.4 cm³/mol. The van der Waals surface area contributed by atoms with Gasteiger partial charge in [0.15, 0.2) is 0 Å². The van der Waals surface area contributed by atoms with Crippen molar-refractivity contribution in [2.24, 2.45) is 0 Å². The third-order valence-electron chi connectivity index (χ3n) is 4.49. The van der Waals surface area contributed by atoms with E-state index in [1.807, 2.05) is 0 Å². The summed E-state index contributed by atoms with van der Waals surface area (Å²) in [5.41, 5.74) is 1.69. The average molecular weight is 261 g/mol. The third kappa shape index (κ3) is 2.99. The first-order valence-corrected chi connectivity index (χ1v) is 7.33. The second kappa shape index (κ2) is 6.04. The molecule has 0 aromatic heterocycles. The second-order valence-electron chi connectivity index (χ2n) is 5.70. The van der Waals surface area contributed by atoms with Gasteiger partial charge in [-0.3, -0.25) is 0 Å². The van der Waals surface area contributed by atoms with Crippen LogP contribution in [0.3, 0.4) is 0 Å². The summed E-state index contributed by atoms with van der Waals surface area (Å²) in [5.74, 6) is 0. The molecule has 3 nitrogen and oxygen atoms in total. The summed E-state index contributed by atoms with van der Waals surface area (Å²) in [6.07, 6.45) is 3.36. The van der Waals surface area contributed by atoms with E-state index in [2.05, 4.69) is 35.6 Å². The monoisotopic (exact) mass is 261 g/mol. The van der Waals surface area contributed by atoms with Gasteiger partial charge in [-0.25, -0.2) is 0 Å². The summed E-state index contributed by atoms with van der Waals surface area (Å²) in [7, 11) is 0. The maximum atomic E-state index is 5.57. The maximum Gasteiger partial charge on any atom is 0.0620 e. The Labute approximate surface area is 115 Å². The number of nitrogens with one attached hydrogen (secondary N) is 1. The highest BCUT2D eigenvalue weighted by Gasteiger charge is 2.34. The highest BCUT2D eigenvalue weighted by atomic mass is 16.5. The molecule has 0 aliphatic carbocycles. The van der Waals surface area contributed by atoms with Crippen LogP contribution in [0.4, 0.5) is 0 Å². The molecule has 104 valence electrons. The molecule has 2 aliphatic heterocycles. The van der Waals surface area contributed by atoms with Crippen molar-refractivity contribution >= 4 is 0 Å². The van der Waals surface area contributed by atoms with Gasteiger partial charge in [0, 0.05) is 37.8 Å². The van der Waals surface area contributed by atoms with Crippen molar-refractivity contribution in [1.29, 1.82) is 0 Å². The van der Waals surface area contributed by atoms with Crippen molar-refractivity contribution in [2.45, 2.75) is 30.7 Å². The lowest BCUT2D eigenvalue weighted by atomic mass is 9.74. The van der Waals surface area contributed by atoms with Gasteiger partial charge in [0.2, 0.25) is 0 Å². The normalized spacial score (nSPS) is 26.4. The minimum atomic E-state index is 0.238. The van der Waals surface area contributed by atoms with Crippen molar-refractivity contribution in [2.75, 3.05) is 33.0 Å². The maximum absolute atomic E-state index is 5.57. The van der Waals surface area contributed by atoms with Crippen LogP contribution >= 0.6 is 0 Å². The van der Waals surface area contributed by atoms with E-state index in [0.717, 1.165) is 52.2 Å². The lowest BCUT2D eigenvalue weighted by Gasteiger charge is -2.38. The largest absolute Gasteiger partial charge is 0.381 e. The molecule has 3 rings (SSSR count). The van der Waals surface area contributed by atoms with E-state index < -0.39 is 0 Å². The van der Waals surface area contributed by atoms with Crippen LogP contribution in [-0.2, 0) is 14.9 Å². The molecule has 0 saturated carbocycles. The van der Waals surface area contributed by atoms with Crippen LogP contribution in [0, 0.1) is 0 Å². The second-order valence-corrected chi connectivity index (χ2v) is 5.70. The molecule has 2 saturated heterocycles. The van der Waals surface area contributed by atoms with Crippen LogP contribution in [0.15, 0.2) is 30.3 Å². The van der Waals surface area contributed by atoms with Crippen LogP contribution in [0.1, 0.15) is 24.8 Å². The molecule has 2 aliphatic rings. The fraction of sp³-hybridized carbons (Fsp3) is 0.625. The van der Waals surface area contributed by atoms with Gasteiger partial charge in [-0.05, 0) is 24.8 Å². The minimum Gasteiger partial charge on any atom is -0.381 e. The SMILES string of the molecule is c1ccc(C2(CNC3CCOC3)CCOCC2)cc1. The standard InChI is InChI=1S/C16H23NO2/c1-2-4-14(5-3-1)16(7-10-18-11-8-16)13-17-15-6-9-19-12-15/h1-5,15,17H,6-13H2. The molecule has 2 fully saturated rings. The number of hydrogen-bond acceptors (Lipinski definition) is 3. The topological polar surface area (TPSA) is 30.5 Å². The molecule has 1 aromatic rings. The van der Waals surface area contributed by atoms with Gasteiger partial charge in [0.1, 0.15) is 0 Å². The summed E-state index contributed by atoms with van der Waals surface area (Å²) in [6.45, 7) is 4.55. The van der Waals surface area contributed by atoms with Crippen LogP contribution in [0.5, 0.6) is 0 Å². The average Bonchev–Trinajstić information content (AvgIpc) is 3.01. The first-order chi connectivity index (χ1) is 9.39. The Morgan fingerprint density at radius 1 is 1.05 bits per heavy atom. The molecule has 3 heteroatoms. The van der Waals surface area contributed by atoms with Crippen molar-refractivity contribution in [3.05, 3.63) is 35.9 Å². The van der Waals surface area contributed by atoms with E-state index in [9.17, 15) is 0 Å².